The molecule has 0 unspecified atom stereocenters. The summed E-state index contributed by atoms with van der Waals surface area (Å²) in [5, 5.41) is 4.30. The van der Waals surface area contributed by atoms with Crippen LogP contribution in [-0.2, 0) is 14.8 Å². The minimum absolute atomic E-state index is 0.0104. The van der Waals surface area contributed by atoms with Crippen LogP contribution < -0.4 is 9.73 Å². The summed E-state index contributed by atoms with van der Waals surface area (Å²) >= 11 is 12.5. The summed E-state index contributed by atoms with van der Waals surface area (Å²) in [5.74, 6) is -0.648. The Bertz CT molecular complexity index is 1670. The number of benzene rings is 3. The van der Waals surface area contributed by atoms with Gasteiger partial charge in [0.2, 0.25) is 0 Å². The molecule has 0 radical (unpaired) electrons. The van der Waals surface area contributed by atoms with Gasteiger partial charge in [-0.1, -0.05) is 65.2 Å². The van der Waals surface area contributed by atoms with Gasteiger partial charge in [-0.05, 0) is 69.7 Å². The van der Waals surface area contributed by atoms with Gasteiger partial charge < -0.3 is 4.57 Å². The summed E-state index contributed by atoms with van der Waals surface area (Å²) < 4.78 is 30.1. The van der Waals surface area contributed by atoms with Gasteiger partial charge in [0.15, 0.2) is 0 Å². The second-order valence-corrected chi connectivity index (χ2v) is 11.8. The number of amides is 1. The van der Waals surface area contributed by atoms with Crippen molar-refractivity contribution in [3.63, 3.8) is 0 Å². The monoisotopic (exact) mass is 582 g/mol. The molecule has 0 atom stereocenters. The zero-order valence-corrected chi connectivity index (χ0v) is 24.3. The maximum absolute atomic E-state index is 13.5. The Morgan fingerprint density at radius 1 is 0.974 bits per heavy atom. The van der Waals surface area contributed by atoms with E-state index < -0.39 is 22.5 Å². The van der Waals surface area contributed by atoms with Crippen LogP contribution in [0.25, 0.3) is 5.69 Å². The molecule has 0 bridgehead atoms. The molecular formula is C29H28Cl2N4O3S. The molecule has 4 aromatic rings. The first kappa shape index (κ1) is 28.4. The number of carbonyl (C=O) groups excluding carboxylic acids is 1. The number of aromatic nitrogens is 1. The number of anilines is 1. The molecule has 39 heavy (non-hydrogen) atoms. The fourth-order valence-corrected chi connectivity index (χ4v) is 6.29. The number of hydrogen-bond donors (Lipinski definition) is 1. The molecule has 1 heterocycles. The Morgan fingerprint density at radius 3 is 2.38 bits per heavy atom. The minimum atomic E-state index is -4.14. The molecule has 1 aromatic heterocycles. The van der Waals surface area contributed by atoms with Gasteiger partial charge in [0, 0.05) is 22.6 Å². The lowest BCUT2D eigenvalue weighted by Gasteiger charge is -2.24. The van der Waals surface area contributed by atoms with Crippen molar-refractivity contribution < 1.29 is 13.2 Å². The smallest absolute Gasteiger partial charge is 0.264 e. The fourth-order valence-electron chi connectivity index (χ4n) is 4.39. The van der Waals surface area contributed by atoms with Crippen LogP contribution in [-0.4, -0.2) is 31.7 Å². The lowest BCUT2D eigenvalue weighted by molar-refractivity contribution is -0.119. The largest absolute Gasteiger partial charge is 0.318 e. The van der Waals surface area contributed by atoms with E-state index in [1.165, 1.54) is 23.8 Å². The van der Waals surface area contributed by atoms with Crippen molar-refractivity contribution in [3.05, 3.63) is 111 Å². The fraction of sp³-hybridized carbons (Fsp3) is 0.172. The molecule has 0 aliphatic carbocycles. The quantitative estimate of drug-likeness (QED) is 0.194. The molecule has 1 N–H and O–H groups in total. The van der Waals surface area contributed by atoms with Crippen molar-refractivity contribution in [1.82, 2.24) is 9.99 Å². The second-order valence-electron chi connectivity index (χ2n) is 9.14. The lowest BCUT2D eigenvalue weighted by Crippen LogP contribution is -2.39. The highest BCUT2D eigenvalue weighted by molar-refractivity contribution is 7.92. The number of sulfonamides is 1. The van der Waals surface area contributed by atoms with Gasteiger partial charge in [0.25, 0.3) is 15.9 Å². The molecular weight excluding hydrogens is 555 g/mol. The van der Waals surface area contributed by atoms with Crippen molar-refractivity contribution in [2.24, 2.45) is 5.10 Å². The van der Waals surface area contributed by atoms with Gasteiger partial charge in [-0.15, -0.1) is 0 Å². The third-order valence-electron chi connectivity index (χ3n) is 6.27. The van der Waals surface area contributed by atoms with Crippen molar-refractivity contribution in [3.8, 4) is 5.69 Å². The molecule has 202 valence electrons. The van der Waals surface area contributed by atoms with Gasteiger partial charge in [-0.3, -0.25) is 9.10 Å². The standard InChI is InChI=1S/C29H28Cl2N4O3S/c1-19-13-14-26(20(2)15-19)35-21(3)16-23(22(35)4)17-32-33-28(36)18-34(27-12-8-11-25(30)29(27)31)39(37,38)24-9-6-5-7-10-24/h5-17H,18H2,1-4H3,(H,33,36)/b32-17+. The van der Waals surface area contributed by atoms with Crippen molar-refractivity contribution in [1.29, 1.82) is 0 Å². The first-order valence-electron chi connectivity index (χ1n) is 12.1. The number of hydrazone groups is 1. The summed E-state index contributed by atoms with van der Waals surface area (Å²) in [6.07, 6.45) is 1.54. The third kappa shape index (κ3) is 6.03. The van der Waals surface area contributed by atoms with Crippen LogP contribution in [0, 0.1) is 27.7 Å². The molecule has 0 aliphatic rings. The van der Waals surface area contributed by atoms with Gasteiger partial charge in [-0.2, -0.15) is 5.10 Å². The highest BCUT2D eigenvalue weighted by Crippen LogP contribution is 2.35. The van der Waals surface area contributed by atoms with Gasteiger partial charge in [0.1, 0.15) is 6.54 Å². The topological polar surface area (TPSA) is 83.8 Å². The predicted molar refractivity (Wildman–Crippen MR) is 158 cm³/mol. The van der Waals surface area contributed by atoms with Gasteiger partial charge >= 0.3 is 0 Å². The summed E-state index contributed by atoms with van der Waals surface area (Å²) in [5.41, 5.74) is 8.72. The second kappa shape index (κ2) is 11.7. The van der Waals surface area contributed by atoms with Crippen LogP contribution >= 0.6 is 23.2 Å². The highest BCUT2D eigenvalue weighted by atomic mass is 35.5. The first-order valence-corrected chi connectivity index (χ1v) is 14.3. The Balaban J connectivity index is 1.58. The number of hydrogen-bond acceptors (Lipinski definition) is 4. The average Bonchev–Trinajstić information content (AvgIpc) is 3.17. The summed E-state index contributed by atoms with van der Waals surface area (Å²) in [6, 6.07) is 20.6. The molecule has 0 fully saturated rings. The Labute approximate surface area is 238 Å². The molecule has 1 amide bonds. The van der Waals surface area contributed by atoms with E-state index in [0.717, 1.165) is 32.5 Å². The molecule has 10 heteroatoms. The van der Waals surface area contributed by atoms with E-state index in [0.29, 0.717) is 0 Å². The van der Waals surface area contributed by atoms with Gasteiger partial charge in [-0.25, -0.2) is 13.8 Å². The molecule has 0 aliphatic heterocycles. The van der Waals surface area contributed by atoms with Crippen LogP contribution in [0.2, 0.25) is 10.0 Å². The Morgan fingerprint density at radius 2 is 1.69 bits per heavy atom. The summed E-state index contributed by atoms with van der Waals surface area (Å²) in [6.45, 7) is 7.54. The van der Waals surface area contributed by atoms with Crippen LogP contribution in [0.4, 0.5) is 5.69 Å². The average molecular weight is 584 g/mol. The lowest BCUT2D eigenvalue weighted by atomic mass is 10.1. The van der Waals surface area contributed by atoms with E-state index in [1.807, 2.05) is 19.9 Å². The summed E-state index contributed by atoms with van der Waals surface area (Å²) in [7, 11) is -4.14. The number of nitrogens with zero attached hydrogens (tertiary/aromatic N) is 3. The molecule has 0 saturated heterocycles. The van der Waals surface area contributed by atoms with Crippen LogP contribution in [0.1, 0.15) is 28.1 Å². The maximum Gasteiger partial charge on any atom is 0.264 e. The van der Waals surface area contributed by atoms with E-state index in [2.05, 4.69) is 47.1 Å². The molecule has 3 aromatic carbocycles. The predicted octanol–water partition coefficient (Wildman–Crippen LogP) is 6.36. The third-order valence-corrected chi connectivity index (χ3v) is 8.86. The zero-order valence-electron chi connectivity index (χ0n) is 21.9. The molecule has 7 nitrogen and oxygen atoms in total. The minimum Gasteiger partial charge on any atom is -0.318 e. The van der Waals surface area contributed by atoms with Crippen molar-refractivity contribution >= 4 is 51.0 Å². The van der Waals surface area contributed by atoms with Crippen molar-refractivity contribution in [2.45, 2.75) is 32.6 Å². The van der Waals surface area contributed by atoms with E-state index >= 15 is 0 Å². The van der Waals surface area contributed by atoms with E-state index in [1.54, 1.807) is 36.5 Å². The van der Waals surface area contributed by atoms with E-state index in [9.17, 15) is 13.2 Å². The molecule has 0 saturated carbocycles. The SMILES string of the molecule is Cc1ccc(-n2c(C)cc(/C=N/NC(=O)CN(c3cccc(Cl)c3Cl)S(=O)(=O)c3ccccc3)c2C)c(C)c1. The number of aryl methyl sites for hydroxylation is 3. The van der Waals surface area contributed by atoms with Gasteiger partial charge in [0.05, 0.1) is 26.8 Å². The Kier molecular flexibility index (Phi) is 8.49. The van der Waals surface area contributed by atoms with Crippen LogP contribution in [0.15, 0.2) is 82.8 Å². The summed E-state index contributed by atoms with van der Waals surface area (Å²) in [4.78, 5) is 12.9. The zero-order chi connectivity index (χ0) is 28.3. The first-order chi connectivity index (χ1) is 18.5. The van der Waals surface area contributed by atoms with E-state index in [-0.39, 0.29) is 20.6 Å². The number of halogens is 2. The number of rotatable bonds is 8. The highest BCUT2D eigenvalue weighted by Gasteiger charge is 2.29. The maximum atomic E-state index is 13.5. The number of carbonyl (C=O) groups is 1. The number of nitrogens with one attached hydrogen (secondary N) is 1. The Hall–Kier alpha value is -3.59. The van der Waals surface area contributed by atoms with Crippen LogP contribution in [0.5, 0.6) is 0 Å². The van der Waals surface area contributed by atoms with E-state index in [4.69, 9.17) is 23.2 Å². The van der Waals surface area contributed by atoms with Crippen LogP contribution in [0.3, 0.4) is 0 Å². The molecule has 0 spiro atoms. The normalized spacial score (nSPS) is 11.6. The van der Waals surface area contributed by atoms with Crippen molar-refractivity contribution in [2.75, 3.05) is 10.8 Å². The molecule has 4 rings (SSSR count).